The summed E-state index contributed by atoms with van der Waals surface area (Å²) < 4.78 is 0. The van der Waals surface area contributed by atoms with Gasteiger partial charge in [-0.2, -0.15) is 0 Å². The highest BCUT2D eigenvalue weighted by Crippen LogP contribution is 2.15. The van der Waals surface area contributed by atoms with Gasteiger partial charge in [-0.05, 0) is 12.8 Å². The highest BCUT2D eigenvalue weighted by molar-refractivity contribution is 5.80. The second-order valence-corrected chi connectivity index (χ2v) is 11.5. The van der Waals surface area contributed by atoms with Gasteiger partial charge in [0.2, 0.25) is 5.91 Å². The fourth-order valence-corrected chi connectivity index (χ4v) is 5.11. The van der Waals surface area contributed by atoms with Gasteiger partial charge < -0.3 is 25.7 Å². The van der Waals surface area contributed by atoms with E-state index in [4.69, 9.17) is 0 Å². The molecule has 0 aromatic heterocycles. The molecule has 0 bridgehead atoms. The third kappa shape index (κ3) is 22.2. The lowest BCUT2D eigenvalue weighted by molar-refractivity contribution is -0.132. The maximum absolute atomic E-state index is 12.4. The molecular formula is C32H65NO5. The second kappa shape index (κ2) is 27.9. The molecule has 0 heterocycles. The molecule has 4 atom stereocenters. The Balaban J connectivity index is 3.86. The molecule has 1 amide bonds. The quantitative estimate of drug-likeness (QED) is 0.0656. The minimum Gasteiger partial charge on any atom is -0.394 e. The molecule has 0 aliphatic carbocycles. The molecule has 0 aromatic rings. The Morgan fingerprint density at radius 3 is 1.26 bits per heavy atom. The summed E-state index contributed by atoms with van der Waals surface area (Å²) in [5.74, 6) is -0.586. The summed E-state index contributed by atoms with van der Waals surface area (Å²) in [7, 11) is 0. The van der Waals surface area contributed by atoms with Crippen molar-refractivity contribution in [1.82, 2.24) is 5.32 Å². The number of unbranched alkanes of at least 4 members (excludes halogenated alkanes) is 20. The summed E-state index contributed by atoms with van der Waals surface area (Å²) in [6.45, 7) is 3.99. The number of amides is 1. The van der Waals surface area contributed by atoms with Gasteiger partial charge in [0, 0.05) is 0 Å². The van der Waals surface area contributed by atoms with Crippen LogP contribution in [0.25, 0.3) is 0 Å². The van der Waals surface area contributed by atoms with Crippen LogP contribution >= 0.6 is 0 Å². The molecule has 0 radical (unpaired) electrons. The molecule has 0 aliphatic rings. The van der Waals surface area contributed by atoms with Gasteiger partial charge in [-0.25, -0.2) is 0 Å². The van der Waals surface area contributed by atoms with Gasteiger partial charge >= 0.3 is 0 Å². The largest absolute Gasteiger partial charge is 0.394 e. The fraction of sp³-hybridized carbons (Fsp3) is 0.969. The van der Waals surface area contributed by atoms with E-state index in [2.05, 4.69) is 19.2 Å². The summed E-state index contributed by atoms with van der Waals surface area (Å²) >= 11 is 0. The number of hydrogen-bond acceptors (Lipinski definition) is 5. The van der Waals surface area contributed by atoms with E-state index in [1.54, 1.807) is 0 Å². The SMILES string of the molecule is CCCCCCCCCCCCCCC(O)C(=O)NC(CO)C(O)C(O)CCCCCCCCCCCC. The summed E-state index contributed by atoms with van der Waals surface area (Å²) in [5.41, 5.74) is 0. The van der Waals surface area contributed by atoms with E-state index in [0.717, 1.165) is 38.5 Å². The zero-order valence-corrected chi connectivity index (χ0v) is 25.2. The van der Waals surface area contributed by atoms with Crippen LogP contribution in [0.5, 0.6) is 0 Å². The first-order chi connectivity index (χ1) is 18.5. The average molecular weight is 544 g/mol. The van der Waals surface area contributed by atoms with Gasteiger partial charge in [0.25, 0.3) is 0 Å². The van der Waals surface area contributed by atoms with E-state index in [9.17, 15) is 25.2 Å². The molecule has 38 heavy (non-hydrogen) atoms. The zero-order valence-electron chi connectivity index (χ0n) is 25.2. The summed E-state index contributed by atoms with van der Waals surface area (Å²) in [6.07, 6.45) is 24.1. The van der Waals surface area contributed by atoms with Crippen LogP contribution in [0, 0.1) is 0 Å². The minimum absolute atomic E-state index is 0.374. The fourth-order valence-electron chi connectivity index (χ4n) is 5.11. The van der Waals surface area contributed by atoms with E-state index in [0.29, 0.717) is 12.8 Å². The van der Waals surface area contributed by atoms with Gasteiger partial charge in [-0.15, -0.1) is 0 Å². The molecule has 0 saturated heterocycles. The highest BCUT2D eigenvalue weighted by Gasteiger charge is 2.28. The van der Waals surface area contributed by atoms with Crippen LogP contribution in [0.4, 0.5) is 0 Å². The van der Waals surface area contributed by atoms with E-state index in [1.165, 1.54) is 103 Å². The van der Waals surface area contributed by atoms with Crippen molar-refractivity contribution < 1.29 is 25.2 Å². The third-order valence-corrected chi connectivity index (χ3v) is 7.82. The van der Waals surface area contributed by atoms with Crippen molar-refractivity contribution >= 4 is 5.91 Å². The first-order valence-electron chi connectivity index (χ1n) is 16.4. The zero-order chi connectivity index (χ0) is 28.3. The molecule has 6 heteroatoms. The lowest BCUT2D eigenvalue weighted by Gasteiger charge is -2.27. The molecule has 0 aromatic carbocycles. The van der Waals surface area contributed by atoms with Gasteiger partial charge in [0.1, 0.15) is 12.2 Å². The maximum atomic E-state index is 12.4. The first-order valence-corrected chi connectivity index (χ1v) is 16.4. The Bertz CT molecular complexity index is 504. The third-order valence-electron chi connectivity index (χ3n) is 7.82. The summed E-state index contributed by atoms with van der Waals surface area (Å²) in [6, 6.07) is -0.975. The van der Waals surface area contributed by atoms with Crippen molar-refractivity contribution in [1.29, 1.82) is 0 Å². The monoisotopic (exact) mass is 543 g/mol. The van der Waals surface area contributed by atoms with Crippen LogP contribution in [-0.4, -0.2) is 57.3 Å². The van der Waals surface area contributed by atoms with E-state index < -0.39 is 36.9 Å². The number of aliphatic hydroxyl groups is 4. The Morgan fingerprint density at radius 2 is 0.895 bits per heavy atom. The standard InChI is InChI=1S/C32H65NO5/c1-3-5-7-9-11-13-15-16-18-20-22-24-26-30(36)32(38)33-28(27-34)31(37)29(35)25-23-21-19-17-14-12-10-8-6-4-2/h28-31,34-37H,3-27H2,1-2H3,(H,33,38). The number of rotatable bonds is 29. The van der Waals surface area contributed by atoms with Crippen LogP contribution in [-0.2, 0) is 4.79 Å². The number of nitrogens with one attached hydrogen (secondary N) is 1. The molecule has 0 fully saturated rings. The number of carbonyl (C=O) groups is 1. The van der Waals surface area contributed by atoms with Crippen molar-refractivity contribution in [3.05, 3.63) is 0 Å². The van der Waals surface area contributed by atoms with Crippen LogP contribution in [0.15, 0.2) is 0 Å². The van der Waals surface area contributed by atoms with Gasteiger partial charge in [0.05, 0.1) is 18.8 Å². The maximum Gasteiger partial charge on any atom is 0.249 e. The second-order valence-electron chi connectivity index (χ2n) is 11.5. The Labute approximate surface area is 235 Å². The predicted octanol–water partition coefficient (Wildman–Crippen LogP) is 6.95. The van der Waals surface area contributed by atoms with Crippen molar-refractivity contribution in [2.24, 2.45) is 0 Å². The van der Waals surface area contributed by atoms with Crippen LogP contribution in [0.3, 0.4) is 0 Å². The number of hydrogen-bond donors (Lipinski definition) is 5. The number of aliphatic hydroxyl groups excluding tert-OH is 4. The van der Waals surface area contributed by atoms with Crippen LogP contribution in [0.1, 0.15) is 168 Å². The summed E-state index contributed by atoms with van der Waals surface area (Å²) in [4.78, 5) is 12.4. The summed E-state index contributed by atoms with van der Waals surface area (Å²) in [5, 5.41) is 43.2. The smallest absolute Gasteiger partial charge is 0.249 e. The molecule has 4 unspecified atom stereocenters. The van der Waals surface area contributed by atoms with Gasteiger partial charge in [-0.1, -0.05) is 155 Å². The lowest BCUT2D eigenvalue weighted by Crippen LogP contribution is -2.53. The normalized spacial score (nSPS) is 14.8. The number of carbonyl (C=O) groups excluding carboxylic acids is 1. The Kier molecular flexibility index (Phi) is 27.4. The van der Waals surface area contributed by atoms with E-state index in [1.807, 2.05) is 0 Å². The molecule has 0 aliphatic heterocycles. The van der Waals surface area contributed by atoms with Crippen LogP contribution in [0.2, 0.25) is 0 Å². The van der Waals surface area contributed by atoms with Crippen molar-refractivity contribution in [3.8, 4) is 0 Å². The van der Waals surface area contributed by atoms with E-state index >= 15 is 0 Å². The van der Waals surface area contributed by atoms with E-state index in [-0.39, 0.29) is 0 Å². The molecule has 6 nitrogen and oxygen atoms in total. The minimum atomic E-state index is -1.25. The van der Waals surface area contributed by atoms with Crippen molar-refractivity contribution in [2.45, 2.75) is 192 Å². The molecule has 0 spiro atoms. The van der Waals surface area contributed by atoms with Gasteiger partial charge in [-0.3, -0.25) is 4.79 Å². The Morgan fingerprint density at radius 1 is 0.553 bits per heavy atom. The topological polar surface area (TPSA) is 110 Å². The van der Waals surface area contributed by atoms with Crippen molar-refractivity contribution in [3.63, 3.8) is 0 Å². The molecule has 5 N–H and O–H groups in total. The average Bonchev–Trinajstić information content (AvgIpc) is 2.92. The first kappa shape index (κ1) is 37.3. The molecule has 228 valence electrons. The lowest BCUT2D eigenvalue weighted by atomic mass is 9.99. The van der Waals surface area contributed by atoms with Gasteiger partial charge in [0.15, 0.2) is 0 Å². The van der Waals surface area contributed by atoms with Crippen molar-refractivity contribution in [2.75, 3.05) is 6.61 Å². The Hall–Kier alpha value is -0.690. The molecular weight excluding hydrogens is 478 g/mol. The molecule has 0 rings (SSSR count). The van der Waals surface area contributed by atoms with Crippen LogP contribution < -0.4 is 5.32 Å². The molecule has 0 saturated carbocycles. The predicted molar refractivity (Wildman–Crippen MR) is 159 cm³/mol. The highest BCUT2D eigenvalue weighted by atomic mass is 16.3.